The van der Waals surface area contributed by atoms with Crippen LogP contribution in [0, 0.1) is 10.1 Å². The van der Waals surface area contributed by atoms with Crippen LogP contribution in [0.25, 0.3) is 5.69 Å². The van der Waals surface area contributed by atoms with Gasteiger partial charge in [-0.05, 0) is 18.2 Å². The Morgan fingerprint density at radius 2 is 1.82 bits per heavy atom. The molecule has 170 valence electrons. The van der Waals surface area contributed by atoms with Gasteiger partial charge in [0.05, 0.1) is 28.6 Å². The standard InChI is InChI=1S/C22H20ClN5O5/c23-21-19(14-24-27(22(21)30)16-5-2-1-3-6-16)25-9-11-26(12-10-25)20(29)15-33-18-8-4-7-17(13-18)28(31)32/h1-8,13-14H,9-12,15H2. The SMILES string of the molecule is O=C(COc1cccc([N+](=O)[O-])c1)N1CCN(c2cnn(-c3ccccc3)c(=O)c2Cl)CC1. The van der Waals surface area contributed by atoms with Crippen molar-refractivity contribution < 1.29 is 14.5 Å². The summed E-state index contributed by atoms with van der Waals surface area (Å²) in [6, 6.07) is 14.7. The highest BCUT2D eigenvalue weighted by Gasteiger charge is 2.24. The van der Waals surface area contributed by atoms with Crippen molar-refractivity contribution in [3.63, 3.8) is 0 Å². The van der Waals surface area contributed by atoms with Gasteiger partial charge in [0.2, 0.25) is 0 Å². The number of nitrogens with zero attached hydrogens (tertiary/aromatic N) is 5. The van der Waals surface area contributed by atoms with Gasteiger partial charge in [-0.3, -0.25) is 19.7 Å². The monoisotopic (exact) mass is 469 g/mol. The fourth-order valence-corrected chi connectivity index (χ4v) is 3.77. The number of amides is 1. The van der Waals surface area contributed by atoms with Crippen LogP contribution in [-0.4, -0.2) is 58.3 Å². The van der Waals surface area contributed by atoms with Crippen molar-refractivity contribution in [3.8, 4) is 11.4 Å². The summed E-state index contributed by atoms with van der Waals surface area (Å²) >= 11 is 6.37. The van der Waals surface area contributed by atoms with Crippen molar-refractivity contribution >= 4 is 28.9 Å². The number of non-ortho nitro benzene ring substituents is 1. The number of halogens is 1. The van der Waals surface area contributed by atoms with Crippen molar-refractivity contribution in [2.24, 2.45) is 0 Å². The van der Waals surface area contributed by atoms with E-state index in [1.165, 1.54) is 22.9 Å². The molecule has 0 spiro atoms. The zero-order valence-corrected chi connectivity index (χ0v) is 18.2. The molecule has 11 heteroatoms. The summed E-state index contributed by atoms with van der Waals surface area (Å²) in [5, 5.41) is 15.2. The molecule has 0 unspecified atom stereocenters. The molecule has 10 nitrogen and oxygen atoms in total. The van der Waals surface area contributed by atoms with Crippen LogP contribution in [0.4, 0.5) is 11.4 Å². The second-order valence-electron chi connectivity index (χ2n) is 7.31. The number of nitro groups is 1. The van der Waals surface area contributed by atoms with Gasteiger partial charge in [0.25, 0.3) is 17.2 Å². The van der Waals surface area contributed by atoms with Gasteiger partial charge in [0.15, 0.2) is 6.61 Å². The van der Waals surface area contributed by atoms with Gasteiger partial charge in [0, 0.05) is 32.2 Å². The van der Waals surface area contributed by atoms with Crippen molar-refractivity contribution in [3.05, 3.63) is 86.3 Å². The number of hydrogen-bond donors (Lipinski definition) is 0. The normalized spacial score (nSPS) is 13.6. The van der Waals surface area contributed by atoms with Gasteiger partial charge in [-0.2, -0.15) is 9.78 Å². The molecule has 1 amide bonds. The van der Waals surface area contributed by atoms with Crippen LogP contribution >= 0.6 is 11.6 Å². The molecule has 2 heterocycles. The summed E-state index contributed by atoms with van der Waals surface area (Å²) in [5.41, 5.74) is 0.626. The van der Waals surface area contributed by atoms with Crippen LogP contribution < -0.4 is 15.2 Å². The van der Waals surface area contributed by atoms with E-state index in [1.54, 1.807) is 29.3 Å². The third-order valence-electron chi connectivity index (χ3n) is 5.27. The largest absolute Gasteiger partial charge is 0.484 e. The second kappa shape index (κ2) is 9.70. The van der Waals surface area contributed by atoms with Crippen molar-refractivity contribution in [2.45, 2.75) is 0 Å². The number of benzene rings is 2. The number of carbonyl (C=O) groups is 1. The summed E-state index contributed by atoms with van der Waals surface area (Å²) in [5.74, 6) is 0.0258. The number of hydrogen-bond acceptors (Lipinski definition) is 7. The Labute approximate surface area is 193 Å². The molecule has 0 saturated carbocycles. The van der Waals surface area contributed by atoms with E-state index >= 15 is 0 Å². The molecular weight excluding hydrogens is 450 g/mol. The number of rotatable bonds is 6. The zero-order chi connectivity index (χ0) is 23.4. The summed E-state index contributed by atoms with van der Waals surface area (Å²) in [6.07, 6.45) is 1.56. The van der Waals surface area contributed by atoms with Gasteiger partial charge in [-0.1, -0.05) is 35.9 Å². The average Bonchev–Trinajstić information content (AvgIpc) is 2.85. The molecule has 0 aliphatic carbocycles. The maximum Gasteiger partial charge on any atom is 0.292 e. The van der Waals surface area contributed by atoms with Crippen molar-refractivity contribution in [2.75, 3.05) is 37.7 Å². The first kappa shape index (κ1) is 22.3. The highest BCUT2D eigenvalue weighted by Crippen LogP contribution is 2.23. The zero-order valence-electron chi connectivity index (χ0n) is 17.5. The molecule has 1 aromatic heterocycles. The number of piperazine rings is 1. The Morgan fingerprint density at radius 1 is 1.09 bits per heavy atom. The fourth-order valence-electron chi connectivity index (χ4n) is 3.52. The number of anilines is 1. The maximum atomic E-state index is 12.7. The molecule has 33 heavy (non-hydrogen) atoms. The third-order valence-corrected chi connectivity index (χ3v) is 5.62. The smallest absolute Gasteiger partial charge is 0.292 e. The molecule has 1 aliphatic heterocycles. The first-order valence-corrected chi connectivity index (χ1v) is 10.5. The minimum absolute atomic E-state index is 0.0719. The van der Waals surface area contributed by atoms with Crippen LogP contribution in [0.3, 0.4) is 0 Å². The van der Waals surface area contributed by atoms with E-state index < -0.39 is 10.5 Å². The Hall–Kier alpha value is -3.92. The molecular formula is C22H20ClN5O5. The molecule has 3 aromatic rings. The molecule has 4 rings (SSSR count). The predicted octanol–water partition coefficient (Wildman–Crippen LogP) is 2.52. The predicted molar refractivity (Wildman–Crippen MR) is 122 cm³/mol. The number of aromatic nitrogens is 2. The number of para-hydroxylation sites is 1. The van der Waals surface area contributed by atoms with E-state index in [-0.39, 0.29) is 29.0 Å². The molecule has 0 atom stereocenters. The lowest BCUT2D eigenvalue weighted by Gasteiger charge is -2.36. The molecule has 0 bridgehead atoms. The highest BCUT2D eigenvalue weighted by molar-refractivity contribution is 6.33. The van der Waals surface area contributed by atoms with Crippen LogP contribution in [0.15, 0.2) is 65.6 Å². The lowest BCUT2D eigenvalue weighted by atomic mass is 10.2. The Bertz CT molecular complexity index is 1230. The highest BCUT2D eigenvalue weighted by atomic mass is 35.5. The molecule has 1 saturated heterocycles. The van der Waals surface area contributed by atoms with E-state index in [0.717, 1.165) is 0 Å². The third kappa shape index (κ3) is 4.96. The molecule has 0 N–H and O–H groups in total. The van der Waals surface area contributed by atoms with Gasteiger partial charge >= 0.3 is 0 Å². The Balaban J connectivity index is 1.36. The molecule has 1 aliphatic rings. The first-order valence-electron chi connectivity index (χ1n) is 10.2. The summed E-state index contributed by atoms with van der Waals surface area (Å²) in [7, 11) is 0. The number of carbonyl (C=O) groups excluding carboxylic acids is 1. The Morgan fingerprint density at radius 3 is 2.52 bits per heavy atom. The van der Waals surface area contributed by atoms with Gasteiger partial charge in [-0.25, -0.2) is 0 Å². The fraction of sp³-hybridized carbons (Fsp3) is 0.227. The van der Waals surface area contributed by atoms with Gasteiger partial charge in [0.1, 0.15) is 10.8 Å². The Kier molecular flexibility index (Phi) is 6.55. The van der Waals surface area contributed by atoms with E-state index in [9.17, 15) is 19.7 Å². The molecule has 1 fully saturated rings. The lowest BCUT2D eigenvalue weighted by Crippen LogP contribution is -2.50. The summed E-state index contributed by atoms with van der Waals surface area (Å²) in [6.45, 7) is 1.54. The lowest BCUT2D eigenvalue weighted by molar-refractivity contribution is -0.384. The van der Waals surface area contributed by atoms with E-state index in [4.69, 9.17) is 16.3 Å². The van der Waals surface area contributed by atoms with Gasteiger partial charge in [-0.15, -0.1) is 0 Å². The van der Waals surface area contributed by atoms with E-state index in [2.05, 4.69) is 5.10 Å². The van der Waals surface area contributed by atoms with Crippen LogP contribution in [0.2, 0.25) is 5.02 Å². The average molecular weight is 470 g/mol. The molecule has 0 radical (unpaired) electrons. The quantitative estimate of drug-likeness (QED) is 0.403. The van der Waals surface area contributed by atoms with Gasteiger partial charge < -0.3 is 14.5 Å². The van der Waals surface area contributed by atoms with E-state index in [1.807, 2.05) is 23.1 Å². The van der Waals surface area contributed by atoms with Crippen LogP contribution in [0.1, 0.15) is 0 Å². The minimum Gasteiger partial charge on any atom is -0.484 e. The summed E-state index contributed by atoms with van der Waals surface area (Å²) < 4.78 is 6.68. The summed E-state index contributed by atoms with van der Waals surface area (Å²) in [4.78, 5) is 39.1. The van der Waals surface area contributed by atoms with Crippen molar-refractivity contribution in [1.82, 2.24) is 14.7 Å². The molecule has 2 aromatic carbocycles. The first-order chi connectivity index (χ1) is 15.9. The number of ether oxygens (including phenoxy) is 1. The van der Waals surface area contributed by atoms with Crippen molar-refractivity contribution in [1.29, 1.82) is 0 Å². The van der Waals surface area contributed by atoms with E-state index in [0.29, 0.717) is 37.6 Å². The number of nitro benzene ring substituents is 1. The topological polar surface area (TPSA) is 111 Å². The maximum absolute atomic E-state index is 12.7. The van der Waals surface area contributed by atoms with Crippen LogP contribution in [0.5, 0.6) is 5.75 Å². The minimum atomic E-state index is -0.522. The van der Waals surface area contributed by atoms with Crippen LogP contribution in [-0.2, 0) is 4.79 Å². The second-order valence-corrected chi connectivity index (χ2v) is 7.69.